The Kier molecular flexibility index (Phi) is 5.72. The predicted octanol–water partition coefficient (Wildman–Crippen LogP) is 2.91. The predicted molar refractivity (Wildman–Crippen MR) is 122 cm³/mol. The van der Waals surface area contributed by atoms with Crippen LogP contribution in [0, 0.1) is 5.92 Å². The zero-order chi connectivity index (χ0) is 21.9. The minimum atomic E-state index is -0.0710. The number of nitrogens with zero attached hydrogens (tertiary/aromatic N) is 4. The number of nitrogens with one attached hydrogen (secondary N) is 1. The quantitative estimate of drug-likeness (QED) is 0.623. The number of carbonyl (C=O) groups is 2. The molecule has 0 aliphatic carbocycles. The van der Waals surface area contributed by atoms with Crippen LogP contribution in [-0.4, -0.2) is 59.2 Å². The summed E-state index contributed by atoms with van der Waals surface area (Å²) >= 11 is 1.46. The van der Waals surface area contributed by atoms with E-state index >= 15 is 0 Å². The molecule has 0 radical (unpaired) electrons. The molecule has 4 heterocycles. The zero-order valence-electron chi connectivity index (χ0n) is 17.4. The van der Waals surface area contributed by atoms with E-state index in [2.05, 4.69) is 15.5 Å². The van der Waals surface area contributed by atoms with Crippen LogP contribution in [0.15, 0.2) is 60.1 Å². The number of anilines is 2. The lowest BCUT2D eigenvalue weighted by Crippen LogP contribution is -2.52. The number of hydrogen-bond donors (Lipinski definition) is 1. The molecule has 2 aromatic heterocycles. The molecular formula is C23H23N5O3S. The third-order valence-electron chi connectivity index (χ3n) is 5.72. The zero-order valence-corrected chi connectivity index (χ0v) is 18.2. The van der Waals surface area contributed by atoms with E-state index in [0.717, 1.165) is 28.6 Å². The van der Waals surface area contributed by atoms with Gasteiger partial charge in [0, 0.05) is 37.9 Å². The number of aromatic nitrogens is 2. The molecule has 3 aromatic rings. The first-order valence-electron chi connectivity index (χ1n) is 10.6. The largest absolute Gasteiger partial charge is 0.489 e. The van der Waals surface area contributed by atoms with E-state index in [9.17, 15) is 9.59 Å². The lowest BCUT2D eigenvalue weighted by Gasteiger charge is -2.38. The second kappa shape index (κ2) is 8.96. The normalized spacial score (nSPS) is 18.3. The van der Waals surface area contributed by atoms with E-state index in [-0.39, 0.29) is 23.8 Å². The van der Waals surface area contributed by atoms with Gasteiger partial charge in [0.15, 0.2) is 5.82 Å². The number of hydrogen-bond acceptors (Lipinski definition) is 7. The van der Waals surface area contributed by atoms with E-state index in [4.69, 9.17) is 4.74 Å². The summed E-state index contributed by atoms with van der Waals surface area (Å²) in [5.41, 5.74) is 0.737. The summed E-state index contributed by atoms with van der Waals surface area (Å²) < 4.78 is 6.05. The molecule has 1 N–H and O–H groups in total. The highest BCUT2D eigenvalue weighted by Crippen LogP contribution is 2.25. The van der Waals surface area contributed by atoms with Gasteiger partial charge in [-0.15, -0.1) is 16.4 Å². The molecule has 1 aromatic carbocycles. The first-order chi connectivity index (χ1) is 15.7. The SMILES string of the molecule is O=C(Nc1ccc(O[C@@H]2CCN(C(=O)c3cccs3)C2)cc1)C1CN(c2cccnn2)C1. The van der Waals surface area contributed by atoms with Crippen molar-refractivity contribution in [3.63, 3.8) is 0 Å². The number of rotatable bonds is 6. The highest BCUT2D eigenvalue weighted by atomic mass is 32.1. The molecule has 0 bridgehead atoms. The molecule has 1 atom stereocenters. The molecule has 2 aliphatic rings. The van der Waals surface area contributed by atoms with Crippen LogP contribution in [0.25, 0.3) is 0 Å². The van der Waals surface area contributed by atoms with Crippen molar-refractivity contribution in [3.05, 3.63) is 65.0 Å². The fourth-order valence-corrected chi connectivity index (χ4v) is 4.60. The molecule has 0 spiro atoms. The summed E-state index contributed by atoms with van der Waals surface area (Å²) in [5.74, 6) is 1.52. The molecule has 2 saturated heterocycles. The Labute approximate surface area is 189 Å². The molecule has 5 rings (SSSR count). The minimum Gasteiger partial charge on any atom is -0.489 e. The lowest BCUT2D eigenvalue weighted by molar-refractivity contribution is -0.120. The van der Waals surface area contributed by atoms with Crippen molar-refractivity contribution in [2.24, 2.45) is 5.92 Å². The molecule has 0 unspecified atom stereocenters. The van der Waals surface area contributed by atoms with Gasteiger partial charge < -0.3 is 19.9 Å². The molecule has 32 heavy (non-hydrogen) atoms. The van der Waals surface area contributed by atoms with E-state index in [0.29, 0.717) is 26.2 Å². The van der Waals surface area contributed by atoms with Gasteiger partial charge in [0.1, 0.15) is 11.9 Å². The van der Waals surface area contributed by atoms with Crippen molar-refractivity contribution in [2.45, 2.75) is 12.5 Å². The Morgan fingerprint density at radius 1 is 1.06 bits per heavy atom. The Hall–Kier alpha value is -3.46. The van der Waals surface area contributed by atoms with E-state index in [1.54, 1.807) is 6.20 Å². The number of thiophene rings is 1. The minimum absolute atomic E-state index is 0.00247. The Balaban J connectivity index is 1.09. The molecule has 2 amide bonds. The highest BCUT2D eigenvalue weighted by Gasteiger charge is 2.33. The first-order valence-corrected chi connectivity index (χ1v) is 11.5. The maximum absolute atomic E-state index is 12.5. The fourth-order valence-electron chi connectivity index (χ4n) is 3.91. The van der Waals surface area contributed by atoms with Crippen LogP contribution in [0.4, 0.5) is 11.5 Å². The number of likely N-dealkylation sites (tertiary alicyclic amines) is 1. The van der Waals surface area contributed by atoms with Gasteiger partial charge in [-0.25, -0.2) is 0 Å². The van der Waals surface area contributed by atoms with Crippen LogP contribution in [0.2, 0.25) is 0 Å². The Morgan fingerprint density at radius 3 is 2.62 bits per heavy atom. The van der Waals surface area contributed by atoms with Gasteiger partial charge in [-0.1, -0.05) is 6.07 Å². The van der Waals surface area contributed by atoms with Crippen LogP contribution < -0.4 is 15.0 Å². The average Bonchev–Trinajstić information content (AvgIpc) is 3.47. The molecule has 2 fully saturated rings. The average molecular weight is 450 g/mol. The summed E-state index contributed by atoms with van der Waals surface area (Å²) in [6.07, 6.45) is 2.41. The van der Waals surface area contributed by atoms with Crippen LogP contribution >= 0.6 is 11.3 Å². The molecule has 9 heteroatoms. The van der Waals surface area contributed by atoms with Crippen molar-refractivity contribution in [1.29, 1.82) is 0 Å². The third-order valence-corrected chi connectivity index (χ3v) is 6.58. The van der Waals surface area contributed by atoms with Gasteiger partial charge in [-0.3, -0.25) is 9.59 Å². The van der Waals surface area contributed by atoms with E-state index < -0.39 is 0 Å². The van der Waals surface area contributed by atoms with Gasteiger partial charge in [-0.05, 0) is 47.8 Å². The van der Waals surface area contributed by atoms with Crippen molar-refractivity contribution in [1.82, 2.24) is 15.1 Å². The van der Waals surface area contributed by atoms with Crippen LogP contribution in [0.5, 0.6) is 5.75 Å². The van der Waals surface area contributed by atoms with Gasteiger partial charge >= 0.3 is 0 Å². The summed E-state index contributed by atoms with van der Waals surface area (Å²) in [5, 5.41) is 12.8. The molecule has 0 saturated carbocycles. The van der Waals surface area contributed by atoms with E-state index in [1.165, 1.54) is 11.3 Å². The van der Waals surface area contributed by atoms with Crippen molar-refractivity contribution in [3.8, 4) is 5.75 Å². The maximum Gasteiger partial charge on any atom is 0.264 e. The fraction of sp³-hybridized carbons (Fsp3) is 0.304. The van der Waals surface area contributed by atoms with Crippen LogP contribution in [0.1, 0.15) is 16.1 Å². The standard InChI is InChI=1S/C23H23N5O3S/c29-22(16-13-28(14-16)21-4-1-10-24-26-21)25-17-5-7-18(8-6-17)31-19-9-11-27(15-19)23(30)20-3-2-12-32-20/h1-8,10,12,16,19H,9,11,13-15H2,(H,25,29)/t19-/m1/s1. The van der Waals surface area contributed by atoms with Crippen LogP contribution in [0.3, 0.4) is 0 Å². The number of amides is 2. The van der Waals surface area contributed by atoms with Gasteiger partial charge in [-0.2, -0.15) is 5.10 Å². The summed E-state index contributed by atoms with van der Waals surface area (Å²) in [6, 6.07) is 14.9. The van der Waals surface area contributed by atoms with Crippen LogP contribution in [-0.2, 0) is 4.79 Å². The molecular weight excluding hydrogens is 426 g/mol. The number of carbonyl (C=O) groups excluding carboxylic acids is 2. The smallest absolute Gasteiger partial charge is 0.264 e. The molecule has 2 aliphatic heterocycles. The monoisotopic (exact) mass is 449 g/mol. The van der Waals surface area contributed by atoms with Gasteiger partial charge in [0.25, 0.3) is 5.91 Å². The third kappa shape index (κ3) is 4.43. The number of ether oxygens (including phenoxy) is 1. The summed E-state index contributed by atoms with van der Waals surface area (Å²) in [7, 11) is 0. The summed E-state index contributed by atoms with van der Waals surface area (Å²) in [6.45, 7) is 2.55. The number of benzene rings is 1. The molecule has 164 valence electrons. The topological polar surface area (TPSA) is 87.7 Å². The second-order valence-electron chi connectivity index (χ2n) is 7.95. The first kappa shape index (κ1) is 20.4. The lowest BCUT2D eigenvalue weighted by atomic mass is 9.99. The Bertz CT molecular complexity index is 1070. The van der Waals surface area contributed by atoms with E-state index in [1.807, 2.05) is 63.7 Å². The molecule has 8 nitrogen and oxygen atoms in total. The highest BCUT2D eigenvalue weighted by molar-refractivity contribution is 7.12. The summed E-state index contributed by atoms with van der Waals surface area (Å²) in [4.78, 5) is 29.6. The van der Waals surface area contributed by atoms with Crippen molar-refractivity contribution < 1.29 is 14.3 Å². The van der Waals surface area contributed by atoms with Crippen molar-refractivity contribution >= 4 is 34.7 Å². The van der Waals surface area contributed by atoms with Gasteiger partial charge in [0.2, 0.25) is 5.91 Å². The van der Waals surface area contributed by atoms with Crippen molar-refractivity contribution in [2.75, 3.05) is 36.4 Å². The maximum atomic E-state index is 12.5. The van der Waals surface area contributed by atoms with Gasteiger partial charge in [0.05, 0.1) is 17.3 Å². The Morgan fingerprint density at radius 2 is 1.91 bits per heavy atom. The second-order valence-corrected chi connectivity index (χ2v) is 8.90.